The molecular formula is C32H40N2O2. The third-order valence-electron chi connectivity index (χ3n) is 6.28. The molecule has 0 saturated heterocycles. The average molecular weight is 485 g/mol. The SMILES string of the molecule is CC(C)(C)c1ccc(N=Cc2cccc(C(C)(C)C)c2O)c(N=Cc2cccc(C(C)(C)C)c2O)c1. The Hall–Kier alpha value is -3.40. The monoisotopic (exact) mass is 484 g/mol. The minimum atomic E-state index is -0.181. The van der Waals surface area contributed by atoms with Gasteiger partial charge in [-0.25, -0.2) is 0 Å². The third-order valence-corrected chi connectivity index (χ3v) is 6.28. The zero-order valence-corrected chi connectivity index (χ0v) is 23.1. The highest BCUT2D eigenvalue weighted by Gasteiger charge is 2.21. The van der Waals surface area contributed by atoms with Crippen LogP contribution in [-0.4, -0.2) is 22.6 Å². The maximum atomic E-state index is 10.9. The topological polar surface area (TPSA) is 65.2 Å². The van der Waals surface area contributed by atoms with Crippen LogP contribution in [0, 0.1) is 0 Å². The predicted octanol–water partition coefficient (Wildman–Crippen LogP) is 8.49. The molecule has 0 aliphatic rings. The van der Waals surface area contributed by atoms with Crippen molar-refractivity contribution in [2.45, 2.75) is 78.6 Å². The molecule has 0 unspecified atom stereocenters. The van der Waals surface area contributed by atoms with E-state index in [1.165, 1.54) is 0 Å². The number of phenolic OH excluding ortho intramolecular Hbond substituents is 2. The highest BCUT2D eigenvalue weighted by Crippen LogP contribution is 2.37. The molecule has 0 aliphatic heterocycles. The van der Waals surface area contributed by atoms with Gasteiger partial charge in [-0.3, -0.25) is 9.98 Å². The van der Waals surface area contributed by atoms with Gasteiger partial charge in [-0.05, 0) is 57.2 Å². The van der Waals surface area contributed by atoms with Crippen LogP contribution in [0.25, 0.3) is 0 Å². The second-order valence-electron chi connectivity index (χ2n) is 12.5. The van der Waals surface area contributed by atoms with E-state index >= 15 is 0 Å². The molecule has 0 aromatic heterocycles. The van der Waals surface area contributed by atoms with Crippen molar-refractivity contribution in [1.82, 2.24) is 0 Å². The molecule has 4 nitrogen and oxygen atoms in total. The van der Waals surface area contributed by atoms with Crippen molar-refractivity contribution >= 4 is 23.8 Å². The largest absolute Gasteiger partial charge is 0.507 e. The van der Waals surface area contributed by atoms with E-state index in [0.29, 0.717) is 22.5 Å². The van der Waals surface area contributed by atoms with Crippen LogP contribution in [0.15, 0.2) is 64.6 Å². The van der Waals surface area contributed by atoms with E-state index in [2.05, 4.69) is 68.4 Å². The zero-order chi connectivity index (χ0) is 26.9. The second kappa shape index (κ2) is 9.93. The molecule has 3 aromatic carbocycles. The van der Waals surface area contributed by atoms with Gasteiger partial charge in [0, 0.05) is 23.6 Å². The average Bonchev–Trinajstić information content (AvgIpc) is 2.75. The fourth-order valence-corrected chi connectivity index (χ4v) is 4.02. The summed E-state index contributed by atoms with van der Waals surface area (Å²) in [6.45, 7) is 18.9. The second-order valence-corrected chi connectivity index (χ2v) is 12.5. The van der Waals surface area contributed by atoms with Crippen LogP contribution in [-0.2, 0) is 16.2 Å². The highest BCUT2D eigenvalue weighted by molar-refractivity contribution is 5.90. The molecule has 36 heavy (non-hydrogen) atoms. The van der Waals surface area contributed by atoms with Crippen molar-refractivity contribution in [3.05, 3.63) is 82.4 Å². The van der Waals surface area contributed by atoms with Crippen LogP contribution in [0.2, 0.25) is 0 Å². The number of aromatic hydroxyl groups is 2. The Labute approximate surface area is 216 Å². The van der Waals surface area contributed by atoms with Crippen molar-refractivity contribution in [1.29, 1.82) is 0 Å². The molecule has 0 aliphatic carbocycles. The lowest BCUT2D eigenvalue weighted by molar-refractivity contribution is 0.445. The maximum Gasteiger partial charge on any atom is 0.128 e. The van der Waals surface area contributed by atoms with Crippen LogP contribution >= 0.6 is 0 Å². The summed E-state index contributed by atoms with van der Waals surface area (Å²) in [5.41, 5.74) is 5.18. The first-order chi connectivity index (χ1) is 16.6. The molecule has 0 amide bonds. The Balaban J connectivity index is 2.07. The van der Waals surface area contributed by atoms with E-state index in [9.17, 15) is 10.2 Å². The van der Waals surface area contributed by atoms with Crippen molar-refractivity contribution in [3.63, 3.8) is 0 Å². The first kappa shape index (κ1) is 27.2. The van der Waals surface area contributed by atoms with Crippen LogP contribution in [0.4, 0.5) is 11.4 Å². The molecular weight excluding hydrogens is 444 g/mol. The number of benzene rings is 3. The number of aliphatic imine (C=N–C) groups is 2. The molecule has 0 heterocycles. The van der Waals surface area contributed by atoms with E-state index in [1.807, 2.05) is 48.5 Å². The molecule has 0 spiro atoms. The van der Waals surface area contributed by atoms with Crippen LogP contribution in [0.1, 0.15) is 90.1 Å². The maximum absolute atomic E-state index is 10.9. The lowest BCUT2D eigenvalue weighted by Crippen LogP contribution is -2.12. The molecule has 0 saturated carbocycles. The Morgan fingerprint density at radius 2 is 1.00 bits per heavy atom. The highest BCUT2D eigenvalue weighted by atomic mass is 16.3. The van der Waals surface area contributed by atoms with Gasteiger partial charge in [0.2, 0.25) is 0 Å². The Morgan fingerprint density at radius 1 is 0.556 bits per heavy atom. The number of rotatable bonds is 4. The molecule has 3 aromatic rings. The minimum absolute atomic E-state index is 0.0554. The first-order valence-electron chi connectivity index (χ1n) is 12.5. The number of hydrogen-bond acceptors (Lipinski definition) is 4. The summed E-state index contributed by atoms with van der Waals surface area (Å²) in [7, 11) is 0. The summed E-state index contributed by atoms with van der Waals surface area (Å²) in [5, 5.41) is 21.7. The smallest absolute Gasteiger partial charge is 0.128 e. The van der Waals surface area contributed by atoms with Gasteiger partial charge in [0.25, 0.3) is 0 Å². The Morgan fingerprint density at radius 3 is 1.42 bits per heavy atom. The van der Waals surface area contributed by atoms with Gasteiger partial charge in [0.1, 0.15) is 11.5 Å². The van der Waals surface area contributed by atoms with Gasteiger partial charge in [0.05, 0.1) is 11.4 Å². The molecule has 0 bridgehead atoms. The van der Waals surface area contributed by atoms with Crippen molar-refractivity contribution < 1.29 is 10.2 Å². The zero-order valence-electron chi connectivity index (χ0n) is 23.1. The third kappa shape index (κ3) is 6.23. The van der Waals surface area contributed by atoms with Crippen molar-refractivity contribution in [3.8, 4) is 11.5 Å². The summed E-state index contributed by atoms with van der Waals surface area (Å²) in [6, 6.07) is 17.6. The van der Waals surface area contributed by atoms with E-state index < -0.39 is 0 Å². The number of nitrogens with zero attached hydrogens (tertiary/aromatic N) is 2. The van der Waals surface area contributed by atoms with Gasteiger partial charge >= 0.3 is 0 Å². The van der Waals surface area contributed by atoms with E-state index in [1.54, 1.807) is 12.4 Å². The number of phenols is 2. The number of hydrogen-bond donors (Lipinski definition) is 2. The van der Waals surface area contributed by atoms with Gasteiger partial charge in [0.15, 0.2) is 0 Å². The summed E-state index contributed by atoms with van der Waals surface area (Å²) in [5.74, 6) is 0.490. The van der Waals surface area contributed by atoms with Gasteiger partial charge < -0.3 is 10.2 Å². The predicted molar refractivity (Wildman–Crippen MR) is 153 cm³/mol. The van der Waals surface area contributed by atoms with Crippen molar-refractivity contribution in [2.24, 2.45) is 9.98 Å². The Bertz CT molecular complexity index is 1300. The molecule has 2 N–H and O–H groups in total. The van der Waals surface area contributed by atoms with E-state index in [4.69, 9.17) is 9.98 Å². The molecule has 4 heteroatoms. The van der Waals surface area contributed by atoms with Crippen LogP contribution < -0.4 is 0 Å². The van der Waals surface area contributed by atoms with Gasteiger partial charge in [-0.1, -0.05) is 92.6 Å². The molecule has 0 radical (unpaired) electrons. The van der Waals surface area contributed by atoms with Crippen molar-refractivity contribution in [2.75, 3.05) is 0 Å². The summed E-state index contributed by atoms with van der Waals surface area (Å²) in [6.07, 6.45) is 3.39. The molecule has 0 atom stereocenters. The summed E-state index contributed by atoms with van der Waals surface area (Å²) >= 11 is 0. The normalized spacial score (nSPS) is 13.1. The molecule has 3 rings (SSSR count). The van der Waals surface area contributed by atoms with Gasteiger partial charge in [-0.15, -0.1) is 0 Å². The fourth-order valence-electron chi connectivity index (χ4n) is 4.02. The quantitative estimate of drug-likeness (QED) is 0.365. The van der Waals surface area contributed by atoms with E-state index in [0.717, 1.165) is 16.7 Å². The molecule has 0 fully saturated rings. The minimum Gasteiger partial charge on any atom is -0.507 e. The number of para-hydroxylation sites is 2. The summed E-state index contributed by atoms with van der Waals surface area (Å²) in [4.78, 5) is 9.48. The standard InChI is InChI=1S/C32H40N2O2/c1-30(2,3)23-16-17-26(33-19-21-12-10-14-24(28(21)35)31(4,5)6)27(18-23)34-20-22-13-11-15-25(29(22)36)32(7,8)9/h10-20,35-36H,1-9H3. The Kier molecular flexibility index (Phi) is 7.50. The van der Waals surface area contributed by atoms with E-state index in [-0.39, 0.29) is 27.7 Å². The molecule has 190 valence electrons. The van der Waals surface area contributed by atoms with Crippen LogP contribution in [0.3, 0.4) is 0 Å². The lowest BCUT2D eigenvalue weighted by Gasteiger charge is -2.21. The first-order valence-corrected chi connectivity index (χ1v) is 12.5. The summed E-state index contributed by atoms with van der Waals surface area (Å²) < 4.78 is 0. The fraction of sp³-hybridized carbons (Fsp3) is 0.375. The lowest BCUT2D eigenvalue weighted by atomic mass is 9.85. The van der Waals surface area contributed by atoms with Crippen LogP contribution in [0.5, 0.6) is 11.5 Å². The van der Waals surface area contributed by atoms with Gasteiger partial charge in [-0.2, -0.15) is 0 Å².